The van der Waals surface area contributed by atoms with Gasteiger partial charge in [0.25, 0.3) is 5.91 Å². The Morgan fingerprint density at radius 2 is 1.70 bits per heavy atom. The summed E-state index contributed by atoms with van der Waals surface area (Å²) < 4.78 is 10.1. The number of amides is 2. The van der Waals surface area contributed by atoms with Crippen molar-refractivity contribution in [2.24, 2.45) is 5.92 Å². The van der Waals surface area contributed by atoms with Crippen LogP contribution in [0.25, 0.3) is 0 Å². The number of esters is 1. The maximum absolute atomic E-state index is 12.9. The first kappa shape index (κ1) is 20.8. The second-order valence-corrected chi connectivity index (χ2v) is 7.22. The van der Waals surface area contributed by atoms with Crippen molar-refractivity contribution in [2.75, 3.05) is 39.9 Å². The Morgan fingerprint density at radius 3 is 2.33 bits per heavy atom. The number of rotatable bonds is 4. The lowest BCUT2D eigenvalue weighted by molar-refractivity contribution is 0.0599. The van der Waals surface area contributed by atoms with E-state index in [2.05, 4.69) is 4.98 Å². The predicted octanol–water partition coefficient (Wildman–Crippen LogP) is 2.36. The first-order valence-corrected chi connectivity index (χ1v) is 9.24. The molecule has 0 spiro atoms. The fourth-order valence-corrected chi connectivity index (χ4v) is 3.16. The quantitative estimate of drug-likeness (QED) is 0.811. The van der Waals surface area contributed by atoms with Gasteiger partial charge in [-0.15, -0.1) is 0 Å². The molecule has 1 fully saturated rings. The standard InChI is InChI=1S/C19H29N3O5/c1-12(2)11-27-19(25)22-8-6-7-21(9-10-22)17(23)16-13(3)15(14(4)20-16)18(24)26-5/h12,20H,6-11H2,1-5H3. The topological polar surface area (TPSA) is 91.9 Å². The molecule has 1 aromatic rings. The SMILES string of the molecule is COC(=O)c1c(C)[nH]c(C(=O)N2CCCN(C(=O)OCC(C)C)CC2)c1C. The number of methoxy groups -OCH3 is 1. The number of carbonyl (C=O) groups excluding carboxylic acids is 3. The molecule has 0 aromatic carbocycles. The highest BCUT2D eigenvalue weighted by molar-refractivity contribution is 6.00. The van der Waals surface area contributed by atoms with E-state index in [0.717, 1.165) is 0 Å². The maximum atomic E-state index is 12.9. The average Bonchev–Trinajstić information content (AvgIpc) is 2.80. The molecule has 0 saturated carbocycles. The Kier molecular flexibility index (Phi) is 6.87. The molecule has 8 nitrogen and oxygen atoms in total. The van der Waals surface area contributed by atoms with Gasteiger partial charge in [0.1, 0.15) is 5.69 Å². The first-order chi connectivity index (χ1) is 12.8. The molecular formula is C19H29N3O5. The van der Waals surface area contributed by atoms with Crippen LogP contribution in [0.2, 0.25) is 0 Å². The van der Waals surface area contributed by atoms with Crippen molar-refractivity contribution in [3.63, 3.8) is 0 Å². The summed E-state index contributed by atoms with van der Waals surface area (Å²) in [6.45, 7) is 9.76. The van der Waals surface area contributed by atoms with Gasteiger partial charge in [0.2, 0.25) is 0 Å². The van der Waals surface area contributed by atoms with Gasteiger partial charge in [-0.25, -0.2) is 9.59 Å². The molecule has 0 radical (unpaired) electrons. The maximum Gasteiger partial charge on any atom is 0.409 e. The zero-order valence-corrected chi connectivity index (χ0v) is 16.8. The summed E-state index contributed by atoms with van der Waals surface area (Å²) in [6, 6.07) is 0. The molecule has 0 bridgehead atoms. The van der Waals surface area contributed by atoms with Crippen LogP contribution in [-0.4, -0.2) is 72.6 Å². The van der Waals surface area contributed by atoms with Gasteiger partial charge in [0.15, 0.2) is 0 Å². The van der Waals surface area contributed by atoms with Crippen molar-refractivity contribution < 1.29 is 23.9 Å². The van der Waals surface area contributed by atoms with Crippen molar-refractivity contribution in [3.8, 4) is 0 Å². The van der Waals surface area contributed by atoms with E-state index in [0.29, 0.717) is 61.7 Å². The number of hydrogen-bond donors (Lipinski definition) is 1. The van der Waals surface area contributed by atoms with Gasteiger partial charge in [0.05, 0.1) is 19.3 Å². The van der Waals surface area contributed by atoms with E-state index >= 15 is 0 Å². The minimum absolute atomic E-state index is 0.178. The van der Waals surface area contributed by atoms with Crippen LogP contribution >= 0.6 is 0 Å². The Balaban J connectivity index is 2.06. The molecule has 2 rings (SSSR count). The Morgan fingerprint density at radius 1 is 1.07 bits per heavy atom. The summed E-state index contributed by atoms with van der Waals surface area (Å²) in [6.07, 6.45) is 0.336. The van der Waals surface area contributed by atoms with E-state index in [1.807, 2.05) is 13.8 Å². The molecule has 1 N–H and O–H groups in total. The van der Waals surface area contributed by atoms with Gasteiger partial charge in [-0.1, -0.05) is 13.8 Å². The zero-order valence-electron chi connectivity index (χ0n) is 16.8. The number of hydrogen-bond acceptors (Lipinski definition) is 5. The van der Waals surface area contributed by atoms with E-state index in [1.165, 1.54) is 7.11 Å². The molecule has 0 atom stereocenters. The number of nitrogens with zero attached hydrogens (tertiary/aromatic N) is 2. The van der Waals surface area contributed by atoms with Crippen LogP contribution in [0.1, 0.15) is 52.4 Å². The van der Waals surface area contributed by atoms with Gasteiger partial charge in [-0.3, -0.25) is 4.79 Å². The van der Waals surface area contributed by atoms with E-state index in [9.17, 15) is 14.4 Å². The summed E-state index contributed by atoms with van der Waals surface area (Å²) in [5.41, 5.74) is 1.98. The van der Waals surface area contributed by atoms with Crippen LogP contribution in [0.5, 0.6) is 0 Å². The van der Waals surface area contributed by atoms with E-state index in [1.54, 1.807) is 23.6 Å². The lowest BCUT2D eigenvalue weighted by Gasteiger charge is -2.22. The third-order valence-electron chi connectivity index (χ3n) is 4.62. The largest absolute Gasteiger partial charge is 0.465 e. The van der Waals surface area contributed by atoms with Gasteiger partial charge in [-0.05, 0) is 31.7 Å². The molecule has 8 heteroatoms. The molecule has 2 heterocycles. The Labute approximate surface area is 159 Å². The molecule has 1 aliphatic rings. The molecule has 2 amide bonds. The van der Waals surface area contributed by atoms with Crippen LogP contribution in [0.3, 0.4) is 0 Å². The zero-order chi connectivity index (χ0) is 20.1. The molecule has 0 unspecified atom stereocenters. The highest BCUT2D eigenvalue weighted by atomic mass is 16.6. The highest BCUT2D eigenvalue weighted by Gasteiger charge is 2.28. The van der Waals surface area contributed by atoms with Crippen LogP contribution < -0.4 is 0 Å². The Hall–Kier alpha value is -2.51. The summed E-state index contributed by atoms with van der Waals surface area (Å²) >= 11 is 0. The monoisotopic (exact) mass is 379 g/mol. The van der Waals surface area contributed by atoms with Crippen molar-refractivity contribution in [1.29, 1.82) is 0 Å². The fraction of sp³-hybridized carbons (Fsp3) is 0.632. The summed E-state index contributed by atoms with van der Waals surface area (Å²) in [5.74, 6) is -0.361. The van der Waals surface area contributed by atoms with E-state index in [-0.39, 0.29) is 17.9 Å². The third-order valence-corrected chi connectivity index (χ3v) is 4.62. The third kappa shape index (κ3) is 4.81. The second kappa shape index (κ2) is 8.92. The average molecular weight is 379 g/mol. The van der Waals surface area contributed by atoms with Crippen molar-refractivity contribution >= 4 is 18.0 Å². The molecule has 1 aromatic heterocycles. The number of carbonyl (C=O) groups is 3. The van der Waals surface area contributed by atoms with Crippen molar-refractivity contribution in [2.45, 2.75) is 34.1 Å². The fourth-order valence-electron chi connectivity index (χ4n) is 3.16. The minimum atomic E-state index is -0.463. The van der Waals surface area contributed by atoms with Crippen LogP contribution in [0.15, 0.2) is 0 Å². The summed E-state index contributed by atoms with van der Waals surface area (Å²) in [5, 5.41) is 0. The number of aromatic nitrogens is 1. The van der Waals surface area contributed by atoms with Crippen molar-refractivity contribution in [1.82, 2.24) is 14.8 Å². The normalized spacial score (nSPS) is 14.9. The van der Waals surface area contributed by atoms with E-state index in [4.69, 9.17) is 9.47 Å². The van der Waals surface area contributed by atoms with Gasteiger partial charge >= 0.3 is 12.1 Å². The van der Waals surface area contributed by atoms with Gasteiger partial charge < -0.3 is 24.3 Å². The lowest BCUT2D eigenvalue weighted by atomic mass is 10.1. The van der Waals surface area contributed by atoms with E-state index < -0.39 is 5.97 Å². The number of nitrogens with one attached hydrogen (secondary N) is 1. The molecule has 27 heavy (non-hydrogen) atoms. The smallest absolute Gasteiger partial charge is 0.409 e. The van der Waals surface area contributed by atoms with Crippen LogP contribution in [0, 0.1) is 19.8 Å². The minimum Gasteiger partial charge on any atom is -0.465 e. The molecule has 1 saturated heterocycles. The molecule has 0 aliphatic carbocycles. The second-order valence-electron chi connectivity index (χ2n) is 7.22. The number of aromatic amines is 1. The van der Waals surface area contributed by atoms with Crippen LogP contribution in [-0.2, 0) is 9.47 Å². The molecular weight excluding hydrogens is 350 g/mol. The number of aryl methyl sites for hydroxylation is 1. The predicted molar refractivity (Wildman–Crippen MR) is 99.9 cm³/mol. The number of H-pyrrole nitrogens is 1. The van der Waals surface area contributed by atoms with Crippen LogP contribution in [0.4, 0.5) is 4.79 Å². The van der Waals surface area contributed by atoms with Crippen molar-refractivity contribution in [3.05, 3.63) is 22.5 Å². The summed E-state index contributed by atoms with van der Waals surface area (Å²) in [4.78, 5) is 43.4. The van der Waals surface area contributed by atoms with Gasteiger partial charge in [-0.2, -0.15) is 0 Å². The molecule has 150 valence electrons. The highest BCUT2D eigenvalue weighted by Crippen LogP contribution is 2.21. The lowest BCUT2D eigenvalue weighted by Crippen LogP contribution is -2.38. The number of ether oxygens (including phenoxy) is 2. The first-order valence-electron chi connectivity index (χ1n) is 9.24. The van der Waals surface area contributed by atoms with Gasteiger partial charge in [0, 0.05) is 31.9 Å². The summed E-state index contributed by atoms with van der Waals surface area (Å²) in [7, 11) is 1.32. The Bertz CT molecular complexity index is 710. The molecule has 1 aliphatic heterocycles.